The number of thiazole rings is 1. The Kier molecular flexibility index (Phi) is 8.77. The number of rotatable bonds is 10. The zero-order valence-corrected chi connectivity index (χ0v) is 22.9. The van der Waals surface area contributed by atoms with Gasteiger partial charge in [-0.15, -0.1) is 17.8 Å². The number of carbonyl (C=O) groups excluding carboxylic acids is 1. The molecule has 1 heterocycles. The molecule has 200 valence electrons. The summed E-state index contributed by atoms with van der Waals surface area (Å²) in [4.78, 5) is 22.5. The number of hydrogen-bond donors (Lipinski definition) is 1. The fourth-order valence-corrected chi connectivity index (χ4v) is 5.61. The minimum Gasteiger partial charge on any atom is -0.496 e. The van der Waals surface area contributed by atoms with Gasteiger partial charge in [0.1, 0.15) is 18.2 Å². The molecule has 0 aliphatic heterocycles. The molecule has 0 bridgehead atoms. The van der Waals surface area contributed by atoms with Gasteiger partial charge in [0, 0.05) is 16.0 Å². The normalized spacial score (nSPS) is 13.5. The molecule has 1 atom stereocenters. The number of nitrogens with zero attached hydrogens (tertiary/aromatic N) is 2. The van der Waals surface area contributed by atoms with Crippen LogP contribution in [0, 0.1) is 37.9 Å². The smallest absolute Gasteiger partial charge is 0.496 e. The first-order chi connectivity index (χ1) is 18.2. The SMILES string of the molecule is C#CCN(c1nc(-c2cc(C)c(OC)cc2Cl)c(C)s1)C(CC1CC1)c1ccc(COC(=O)OO)c(F)c1. The monoisotopic (exact) mass is 558 g/mol. The van der Waals surface area contributed by atoms with Crippen molar-refractivity contribution in [3.8, 4) is 29.4 Å². The maximum Gasteiger partial charge on any atom is 0.540 e. The highest BCUT2D eigenvalue weighted by Gasteiger charge is 2.32. The fraction of sp³-hybridized carbons (Fsp3) is 0.357. The summed E-state index contributed by atoms with van der Waals surface area (Å²) in [5.41, 5.74) is 3.42. The lowest BCUT2D eigenvalue weighted by Gasteiger charge is -2.31. The Hall–Kier alpha value is -3.32. The molecule has 0 amide bonds. The Morgan fingerprint density at radius 2 is 2.11 bits per heavy atom. The molecule has 1 fully saturated rings. The van der Waals surface area contributed by atoms with Crippen LogP contribution in [0.4, 0.5) is 14.3 Å². The molecule has 1 aliphatic carbocycles. The van der Waals surface area contributed by atoms with Crippen molar-refractivity contribution in [1.82, 2.24) is 4.98 Å². The fourth-order valence-electron chi connectivity index (χ4n) is 4.39. The summed E-state index contributed by atoms with van der Waals surface area (Å²) < 4.78 is 25.1. The van der Waals surface area contributed by atoms with Crippen molar-refractivity contribution in [2.24, 2.45) is 5.92 Å². The Morgan fingerprint density at radius 1 is 1.34 bits per heavy atom. The highest BCUT2D eigenvalue weighted by molar-refractivity contribution is 7.16. The molecule has 4 rings (SSSR count). The molecule has 1 N–H and O–H groups in total. The van der Waals surface area contributed by atoms with Gasteiger partial charge in [0.05, 0.1) is 30.4 Å². The van der Waals surface area contributed by atoms with Gasteiger partial charge in [-0.25, -0.2) is 14.2 Å². The van der Waals surface area contributed by atoms with Crippen molar-refractivity contribution >= 4 is 34.2 Å². The van der Waals surface area contributed by atoms with Gasteiger partial charge in [-0.3, -0.25) is 4.89 Å². The van der Waals surface area contributed by atoms with E-state index in [2.05, 4.69) is 15.5 Å². The van der Waals surface area contributed by atoms with E-state index < -0.39 is 12.0 Å². The second kappa shape index (κ2) is 12.0. The molecule has 1 aromatic heterocycles. The van der Waals surface area contributed by atoms with Gasteiger partial charge in [-0.1, -0.05) is 42.5 Å². The summed E-state index contributed by atoms with van der Waals surface area (Å²) in [6.07, 6.45) is 7.51. The average molecular weight is 559 g/mol. The number of aryl methyl sites for hydroxylation is 2. The van der Waals surface area contributed by atoms with E-state index in [0.717, 1.165) is 51.7 Å². The maximum absolute atomic E-state index is 15.0. The third kappa shape index (κ3) is 6.21. The van der Waals surface area contributed by atoms with E-state index in [1.165, 1.54) is 17.4 Å². The highest BCUT2D eigenvalue weighted by atomic mass is 35.5. The quantitative estimate of drug-likeness (QED) is 0.121. The Bertz CT molecular complexity index is 1370. The number of ether oxygens (including phenoxy) is 2. The first-order valence-electron chi connectivity index (χ1n) is 12.0. The van der Waals surface area contributed by atoms with Crippen molar-refractivity contribution in [3.05, 3.63) is 62.7 Å². The Balaban J connectivity index is 1.70. The predicted octanol–water partition coefficient (Wildman–Crippen LogP) is 7.34. The van der Waals surface area contributed by atoms with Crippen LogP contribution in [-0.4, -0.2) is 30.1 Å². The average Bonchev–Trinajstić information content (AvgIpc) is 3.65. The number of methoxy groups -OCH3 is 1. The van der Waals surface area contributed by atoms with Crippen molar-refractivity contribution < 1.29 is 28.8 Å². The molecule has 2 aromatic carbocycles. The number of terminal acetylenes is 1. The second-order valence-corrected chi connectivity index (χ2v) is 10.8. The van der Waals surface area contributed by atoms with Gasteiger partial charge in [0.25, 0.3) is 0 Å². The van der Waals surface area contributed by atoms with E-state index in [1.807, 2.05) is 24.8 Å². The number of carbonyl (C=O) groups is 1. The van der Waals surface area contributed by atoms with E-state index >= 15 is 4.39 Å². The molecule has 1 aliphatic rings. The lowest BCUT2D eigenvalue weighted by Crippen LogP contribution is -2.29. The molecule has 7 nitrogen and oxygen atoms in total. The van der Waals surface area contributed by atoms with Crippen LogP contribution in [0.25, 0.3) is 11.3 Å². The number of aromatic nitrogens is 1. The van der Waals surface area contributed by atoms with E-state index in [-0.39, 0.29) is 24.8 Å². The van der Waals surface area contributed by atoms with Crippen molar-refractivity contribution in [2.75, 3.05) is 18.6 Å². The summed E-state index contributed by atoms with van der Waals surface area (Å²) in [5.74, 6) is 3.43. The van der Waals surface area contributed by atoms with E-state index in [4.69, 9.17) is 33.0 Å². The maximum atomic E-state index is 15.0. The van der Waals surface area contributed by atoms with Gasteiger partial charge in [-0.05, 0) is 55.5 Å². The Morgan fingerprint density at radius 3 is 2.74 bits per heavy atom. The second-order valence-electron chi connectivity index (χ2n) is 9.21. The minimum absolute atomic E-state index is 0.157. The van der Waals surface area contributed by atoms with E-state index in [1.54, 1.807) is 25.3 Å². The Labute approximate surface area is 230 Å². The van der Waals surface area contributed by atoms with Crippen molar-refractivity contribution in [2.45, 2.75) is 45.8 Å². The van der Waals surface area contributed by atoms with Crippen molar-refractivity contribution in [3.63, 3.8) is 0 Å². The van der Waals surface area contributed by atoms with Gasteiger partial charge in [0.15, 0.2) is 5.13 Å². The summed E-state index contributed by atoms with van der Waals surface area (Å²) >= 11 is 8.12. The van der Waals surface area contributed by atoms with E-state index in [0.29, 0.717) is 16.7 Å². The standard InChI is InChI=1S/C28H28ClFN2O5S/c1-5-10-32(27-31-26(17(3)38-27)21-11-16(2)25(35-4)14-22(21)29)24(12-18-6-7-18)19-8-9-20(23(30)13-19)15-36-28(33)37-34/h1,8-9,11,13-14,18,24,34H,6-7,10,12,15H2,2-4H3. The largest absolute Gasteiger partial charge is 0.540 e. The molecular weight excluding hydrogens is 531 g/mol. The molecule has 38 heavy (non-hydrogen) atoms. The van der Waals surface area contributed by atoms with Crippen molar-refractivity contribution in [1.29, 1.82) is 0 Å². The molecule has 3 aromatic rings. The zero-order valence-electron chi connectivity index (χ0n) is 21.3. The van der Waals surface area contributed by atoms with Crippen LogP contribution >= 0.6 is 22.9 Å². The van der Waals surface area contributed by atoms with Gasteiger partial charge >= 0.3 is 6.16 Å². The lowest BCUT2D eigenvalue weighted by molar-refractivity contribution is -0.201. The first-order valence-corrected chi connectivity index (χ1v) is 13.2. The number of anilines is 1. The van der Waals surface area contributed by atoms with Crippen LogP contribution < -0.4 is 9.64 Å². The molecular formula is C28H28ClFN2O5S. The predicted molar refractivity (Wildman–Crippen MR) is 145 cm³/mol. The molecule has 0 saturated heterocycles. The third-order valence-electron chi connectivity index (χ3n) is 6.54. The molecule has 10 heteroatoms. The molecule has 0 radical (unpaired) electrons. The molecule has 0 spiro atoms. The summed E-state index contributed by atoms with van der Waals surface area (Å²) in [7, 11) is 1.60. The number of benzene rings is 2. The van der Waals surface area contributed by atoms with Crippen LogP contribution in [0.1, 0.15) is 46.9 Å². The minimum atomic E-state index is -1.30. The first kappa shape index (κ1) is 27.7. The van der Waals surface area contributed by atoms with Crippen LogP contribution in [-0.2, 0) is 16.2 Å². The summed E-state index contributed by atoms with van der Waals surface area (Å²) in [6, 6.07) is 8.33. The van der Waals surface area contributed by atoms with Crippen LogP contribution in [0.15, 0.2) is 30.3 Å². The van der Waals surface area contributed by atoms with Crippen LogP contribution in [0.3, 0.4) is 0 Å². The number of halogens is 2. The van der Waals surface area contributed by atoms with Crippen LogP contribution in [0.5, 0.6) is 5.75 Å². The summed E-state index contributed by atoms with van der Waals surface area (Å²) in [5, 5.41) is 9.61. The van der Waals surface area contributed by atoms with E-state index in [9.17, 15) is 4.79 Å². The molecule has 1 unspecified atom stereocenters. The zero-order chi connectivity index (χ0) is 27.4. The van der Waals surface area contributed by atoms with Gasteiger partial charge in [-0.2, -0.15) is 5.26 Å². The van der Waals surface area contributed by atoms with Gasteiger partial charge in [0.2, 0.25) is 0 Å². The van der Waals surface area contributed by atoms with Crippen LogP contribution in [0.2, 0.25) is 5.02 Å². The third-order valence-corrected chi connectivity index (χ3v) is 7.86. The lowest BCUT2D eigenvalue weighted by atomic mass is 9.98. The topological polar surface area (TPSA) is 81.1 Å². The number of hydrogen-bond acceptors (Lipinski definition) is 8. The summed E-state index contributed by atoms with van der Waals surface area (Å²) in [6.45, 7) is 3.85. The highest BCUT2D eigenvalue weighted by Crippen LogP contribution is 2.44. The molecule has 1 saturated carbocycles. The van der Waals surface area contributed by atoms with Gasteiger partial charge < -0.3 is 14.4 Å².